The Hall–Kier alpha value is -5.04. The molecule has 10 rings (SSSR count). The third kappa shape index (κ3) is 4.84. The highest BCUT2D eigenvalue weighted by atomic mass is 19.1. The van der Waals surface area contributed by atoms with E-state index in [0.717, 1.165) is 65.3 Å². The summed E-state index contributed by atoms with van der Waals surface area (Å²) in [5.74, 6) is 0.438. The second-order valence-corrected chi connectivity index (χ2v) is 14.3. The Labute approximate surface area is 290 Å². The molecule has 3 saturated heterocycles. The number of pyridine rings is 2. The van der Waals surface area contributed by atoms with Crippen molar-refractivity contribution in [1.29, 1.82) is 5.26 Å². The first-order valence-electron chi connectivity index (χ1n) is 17.7. The molecule has 5 atom stereocenters. The van der Waals surface area contributed by atoms with E-state index in [2.05, 4.69) is 51.9 Å². The zero-order valence-electron chi connectivity index (χ0n) is 28.2. The summed E-state index contributed by atoms with van der Waals surface area (Å²) in [6.07, 6.45) is 7.29. The Morgan fingerprint density at radius 2 is 2.00 bits per heavy atom. The zero-order chi connectivity index (χ0) is 34.1. The summed E-state index contributed by atoms with van der Waals surface area (Å²) in [6.45, 7) is 4.04. The lowest BCUT2D eigenvalue weighted by atomic mass is 9.79. The van der Waals surface area contributed by atoms with E-state index in [4.69, 9.17) is 9.72 Å². The molecule has 252 valence electrons. The van der Waals surface area contributed by atoms with E-state index >= 15 is 4.39 Å². The van der Waals surface area contributed by atoms with Crippen molar-refractivity contribution in [2.45, 2.75) is 63.3 Å². The number of ether oxygens (including phenoxy) is 1. The van der Waals surface area contributed by atoms with Crippen LogP contribution in [-0.2, 0) is 6.42 Å². The first kappa shape index (κ1) is 31.0. The third-order valence-electron chi connectivity index (χ3n) is 11.4. The minimum Gasteiger partial charge on any atom is -0.508 e. The number of rotatable bonds is 8. The Balaban J connectivity index is 1.37. The fourth-order valence-electron chi connectivity index (χ4n) is 9.05. The molecule has 4 unspecified atom stereocenters. The van der Waals surface area contributed by atoms with Gasteiger partial charge in [0.15, 0.2) is 5.82 Å². The molecule has 2 N–H and O–H groups in total. The molecule has 1 aliphatic carbocycles. The fourth-order valence-corrected chi connectivity index (χ4v) is 9.05. The number of phenolic OH excluding ortho intramolecular Hbond substituents is 1. The number of nitrogens with zero attached hydrogens (tertiary/aromatic N) is 5. The predicted octanol–water partition coefficient (Wildman–Crippen LogP) is 7.77. The molecule has 3 aliphatic heterocycles. The van der Waals surface area contributed by atoms with Crippen molar-refractivity contribution >= 4 is 32.6 Å². The number of halogens is 1. The molecule has 3 aromatic carbocycles. The van der Waals surface area contributed by atoms with Crippen molar-refractivity contribution < 1.29 is 14.2 Å². The second-order valence-electron chi connectivity index (χ2n) is 14.3. The molecule has 4 aliphatic rings. The molecule has 0 amide bonds. The molecule has 4 fully saturated rings. The summed E-state index contributed by atoms with van der Waals surface area (Å²) in [7, 11) is 2.13. The number of aryl methyl sites for hydroxylation is 1. The summed E-state index contributed by atoms with van der Waals surface area (Å²) in [5.41, 5.74) is 4.73. The summed E-state index contributed by atoms with van der Waals surface area (Å²) in [6, 6.07) is 22.2. The number of nitriles is 1. The van der Waals surface area contributed by atoms with Gasteiger partial charge < -0.3 is 19.7 Å². The Bertz CT molecular complexity index is 2320. The van der Waals surface area contributed by atoms with Gasteiger partial charge in [0.05, 0.1) is 28.7 Å². The van der Waals surface area contributed by atoms with Gasteiger partial charge >= 0.3 is 0 Å². The molecular weight excluding hydrogens is 627 g/mol. The van der Waals surface area contributed by atoms with Gasteiger partial charge in [0.1, 0.15) is 17.4 Å². The summed E-state index contributed by atoms with van der Waals surface area (Å²) < 4.78 is 26.9. The van der Waals surface area contributed by atoms with Gasteiger partial charge in [-0.1, -0.05) is 24.3 Å². The van der Waals surface area contributed by atoms with Crippen molar-refractivity contribution in [2.24, 2.45) is 5.92 Å². The van der Waals surface area contributed by atoms with Crippen LogP contribution < -0.4 is 10.1 Å². The highest BCUT2D eigenvalue weighted by Crippen LogP contribution is 2.51. The summed E-state index contributed by atoms with van der Waals surface area (Å²) in [5, 5.41) is 27.4. The first-order chi connectivity index (χ1) is 24.4. The zero-order valence-corrected chi connectivity index (χ0v) is 28.2. The minimum absolute atomic E-state index is 0.0503. The highest BCUT2D eigenvalue weighted by Gasteiger charge is 2.49. The van der Waals surface area contributed by atoms with Gasteiger partial charge in [0.2, 0.25) is 5.88 Å². The van der Waals surface area contributed by atoms with Gasteiger partial charge in [0.25, 0.3) is 0 Å². The Morgan fingerprint density at radius 1 is 1.12 bits per heavy atom. The molecule has 0 radical (unpaired) electrons. The van der Waals surface area contributed by atoms with Crippen LogP contribution in [-0.4, -0.2) is 62.9 Å². The number of fused-ring (bicyclic) bond motifs is 5. The number of aromatic nitrogens is 3. The van der Waals surface area contributed by atoms with Crippen LogP contribution in [0.4, 0.5) is 4.39 Å². The van der Waals surface area contributed by atoms with E-state index in [1.807, 2.05) is 42.6 Å². The number of hydrogen-bond donors (Lipinski definition) is 2. The average Bonchev–Trinajstić information content (AvgIpc) is 3.93. The SMILES string of the molecule is C[C@H](Oc1nc2c(F)c(-c3cc(O)cc4ccccc34)c(CCC#N)cc2c2c1cc(-c1cccnc1)n2C1C2CNC1C2)C1CCCN1C. The van der Waals surface area contributed by atoms with E-state index in [-0.39, 0.29) is 35.9 Å². The van der Waals surface area contributed by atoms with E-state index in [0.29, 0.717) is 46.3 Å². The van der Waals surface area contributed by atoms with Gasteiger partial charge in [-0.05, 0) is 110 Å². The lowest BCUT2D eigenvalue weighted by Crippen LogP contribution is -2.39. The number of benzene rings is 3. The number of nitrogens with one attached hydrogen (secondary N) is 1. The number of phenols is 1. The number of aromatic hydroxyl groups is 1. The molecule has 6 aromatic rings. The van der Waals surface area contributed by atoms with Gasteiger partial charge in [-0.25, -0.2) is 9.37 Å². The quantitative estimate of drug-likeness (QED) is 0.171. The van der Waals surface area contributed by atoms with Gasteiger partial charge in [0, 0.05) is 54.0 Å². The van der Waals surface area contributed by atoms with Crippen LogP contribution >= 0.6 is 0 Å². The highest BCUT2D eigenvalue weighted by molar-refractivity contribution is 6.11. The van der Waals surface area contributed by atoms with Gasteiger partial charge in [-0.15, -0.1) is 0 Å². The number of likely N-dealkylation sites (tertiary alicyclic amines) is 1. The third-order valence-corrected chi connectivity index (χ3v) is 11.4. The minimum atomic E-state index is -0.478. The van der Waals surface area contributed by atoms with Crippen molar-refractivity contribution in [3.05, 3.63) is 84.4 Å². The maximum Gasteiger partial charge on any atom is 0.223 e. The Morgan fingerprint density at radius 3 is 2.74 bits per heavy atom. The van der Waals surface area contributed by atoms with Crippen LogP contribution in [0.3, 0.4) is 0 Å². The van der Waals surface area contributed by atoms with Gasteiger partial charge in [-0.2, -0.15) is 5.26 Å². The molecule has 2 bridgehead atoms. The smallest absolute Gasteiger partial charge is 0.223 e. The fraction of sp³-hybridized carbons (Fsp3) is 0.341. The van der Waals surface area contributed by atoms with Crippen LogP contribution in [0.2, 0.25) is 0 Å². The molecule has 9 heteroatoms. The van der Waals surface area contributed by atoms with E-state index < -0.39 is 5.82 Å². The maximum atomic E-state index is 17.7. The molecule has 3 aromatic heterocycles. The van der Waals surface area contributed by atoms with E-state index in [1.54, 1.807) is 18.3 Å². The molecular formula is C41H39FN6O2. The van der Waals surface area contributed by atoms with Crippen LogP contribution in [0.5, 0.6) is 11.6 Å². The second kappa shape index (κ2) is 12.1. The molecule has 6 heterocycles. The van der Waals surface area contributed by atoms with Crippen LogP contribution in [0.25, 0.3) is 55.0 Å². The van der Waals surface area contributed by atoms with Crippen LogP contribution in [0.15, 0.2) is 73.1 Å². The van der Waals surface area contributed by atoms with Crippen molar-refractivity contribution in [2.75, 3.05) is 20.1 Å². The maximum absolute atomic E-state index is 17.7. The predicted molar refractivity (Wildman–Crippen MR) is 194 cm³/mol. The molecule has 8 nitrogen and oxygen atoms in total. The lowest BCUT2D eigenvalue weighted by Gasteiger charge is -2.38. The standard InChI is InChI=1S/C41H39FN6O2/c1-23(34-12-7-15-47(34)2)50-41-32-20-35(26-10-6-14-44-21-26)48(39-27-18-33(39)45-22-27)40(32)31-17-25(9-5-13-43)36(37(42)38(31)46-41)30-19-28(49)16-24-8-3-4-11-29(24)30/h3-4,6,8,10-11,14,16-17,19-21,23,27,33-34,39,45,49H,5,7,9,12,15,18,22H2,1-2H3/t23-,27?,33?,34?,39?/m0/s1. The van der Waals surface area contributed by atoms with Gasteiger partial charge in [-0.3, -0.25) is 9.88 Å². The summed E-state index contributed by atoms with van der Waals surface area (Å²) >= 11 is 0. The molecule has 1 saturated carbocycles. The normalized spacial score (nSPS) is 22.3. The largest absolute Gasteiger partial charge is 0.508 e. The Kier molecular flexibility index (Phi) is 7.48. The summed E-state index contributed by atoms with van der Waals surface area (Å²) in [4.78, 5) is 11.9. The first-order valence-corrected chi connectivity index (χ1v) is 17.7. The van der Waals surface area contributed by atoms with Crippen molar-refractivity contribution in [1.82, 2.24) is 24.8 Å². The number of likely N-dealkylation sites (N-methyl/N-ethyl adjacent to an activating group) is 1. The van der Waals surface area contributed by atoms with Crippen LogP contribution in [0, 0.1) is 23.1 Å². The van der Waals surface area contributed by atoms with E-state index in [1.165, 1.54) is 0 Å². The van der Waals surface area contributed by atoms with Crippen LogP contribution in [0.1, 0.15) is 44.2 Å². The molecule has 50 heavy (non-hydrogen) atoms. The monoisotopic (exact) mass is 666 g/mol. The molecule has 0 spiro atoms. The van der Waals surface area contributed by atoms with Crippen molar-refractivity contribution in [3.63, 3.8) is 0 Å². The lowest BCUT2D eigenvalue weighted by molar-refractivity contribution is 0.119. The number of hydrogen-bond acceptors (Lipinski definition) is 7. The topological polar surface area (TPSA) is 99.2 Å². The van der Waals surface area contributed by atoms with Crippen molar-refractivity contribution in [3.8, 4) is 40.1 Å². The average molecular weight is 667 g/mol. The van der Waals surface area contributed by atoms with E-state index in [9.17, 15) is 10.4 Å².